The van der Waals surface area contributed by atoms with Crippen molar-refractivity contribution in [2.24, 2.45) is 0 Å². The Bertz CT molecular complexity index is 691. The molecule has 0 unspecified atom stereocenters. The van der Waals surface area contributed by atoms with Crippen molar-refractivity contribution in [1.29, 1.82) is 0 Å². The lowest BCUT2D eigenvalue weighted by molar-refractivity contribution is -0.385. The summed E-state index contributed by atoms with van der Waals surface area (Å²) in [6.45, 7) is 1.73. The van der Waals surface area contributed by atoms with E-state index in [1.807, 2.05) is 6.07 Å². The Balaban J connectivity index is 2.14. The average Bonchev–Trinajstić information content (AvgIpc) is 2.77. The van der Waals surface area contributed by atoms with Crippen LogP contribution in [0.2, 0.25) is 0 Å². The number of rotatable bonds is 2. The number of anilines is 1. The number of aryl methyl sites for hydroxylation is 1. The van der Waals surface area contributed by atoms with Crippen LogP contribution in [0, 0.1) is 17.0 Å². The van der Waals surface area contributed by atoms with Gasteiger partial charge in [-0.05, 0) is 38.7 Å². The van der Waals surface area contributed by atoms with Gasteiger partial charge in [0.1, 0.15) is 5.82 Å². The second-order valence-corrected chi connectivity index (χ2v) is 5.16. The fourth-order valence-corrected chi connectivity index (χ4v) is 2.77. The average molecular weight is 272 g/mol. The predicted molar refractivity (Wildman–Crippen MR) is 76.0 cm³/mol. The maximum Gasteiger partial charge on any atom is 0.274 e. The van der Waals surface area contributed by atoms with Crippen LogP contribution < -0.4 is 5.73 Å². The molecule has 0 fully saturated rings. The second kappa shape index (κ2) is 4.63. The Morgan fingerprint density at radius 1 is 1.35 bits per heavy atom. The molecule has 1 aromatic carbocycles. The van der Waals surface area contributed by atoms with Gasteiger partial charge >= 0.3 is 0 Å². The van der Waals surface area contributed by atoms with Gasteiger partial charge in [-0.1, -0.05) is 6.07 Å². The fraction of sp³-hybridized carbons (Fsp3) is 0.357. The van der Waals surface area contributed by atoms with Gasteiger partial charge in [-0.15, -0.1) is 0 Å². The molecule has 0 saturated heterocycles. The number of nitrogens with zero attached hydrogens (tertiary/aromatic N) is 3. The van der Waals surface area contributed by atoms with E-state index >= 15 is 0 Å². The molecule has 0 spiro atoms. The first-order valence-corrected chi connectivity index (χ1v) is 6.69. The molecule has 0 aliphatic heterocycles. The first kappa shape index (κ1) is 12.7. The molecule has 2 aromatic rings. The zero-order chi connectivity index (χ0) is 14.3. The Kier molecular flexibility index (Phi) is 2.93. The van der Waals surface area contributed by atoms with Gasteiger partial charge in [-0.3, -0.25) is 10.1 Å². The molecule has 1 aliphatic carbocycles. The maximum atomic E-state index is 11.1. The minimum atomic E-state index is -0.363. The quantitative estimate of drug-likeness (QED) is 0.672. The van der Waals surface area contributed by atoms with E-state index in [-0.39, 0.29) is 10.6 Å². The van der Waals surface area contributed by atoms with Gasteiger partial charge in [0, 0.05) is 22.9 Å². The molecule has 6 nitrogen and oxygen atoms in total. The lowest BCUT2D eigenvalue weighted by Gasteiger charge is -2.13. The largest absolute Gasteiger partial charge is 0.382 e. The predicted octanol–water partition coefficient (Wildman–Crippen LogP) is 2.55. The topological polar surface area (TPSA) is 87.0 Å². The fourth-order valence-electron chi connectivity index (χ4n) is 2.77. The molecule has 104 valence electrons. The smallest absolute Gasteiger partial charge is 0.274 e. The summed E-state index contributed by atoms with van der Waals surface area (Å²) >= 11 is 0. The molecule has 1 aromatic heterocycles. The Hall–Kier alpha value is -2.37. The standard InChI is InChI=1S/C14H16N4O2/c1-9-6-7-10(8-13(9)18(19)20)17-12-5-3-2-4-11(12)14(15)16-17/h6-8H,2-5H2,1H3,(H2,15,16). The zero-order valence-corrected chi connectivity index (χ0v) is 11.3. The molecule has 0 atom stereocenters. The molecular weight excluding hydrogens is 256 g/mol. The van der Waals surface area contributed by atoms with E-state index in [0.717, 1.165) is 36.9 Å². The van der Waals surface area contributed by atoms with Crippen molar-refractivity contribution in [3.63, 3.8) is 0 Å². The molecule has 20 heavy (non-hydrogen) atoms. The van der Waals surface area contributed by atoms with Crippen molar-refractivity contribution in [2.75, 3.05) is 5.73 Å². The van der Waals surface area contributed by atoms with Crippen LogP contribution in [0.5, 0.6) is 0 Å². The first-order valence-electron chi connectivity index (χ1n) is 6.69. The van der Waals surface area contributed by atoms with Crippen LogP contribution in [0.15, 0.2) is 18.2 Å². The number of nitro benzene ring substituents is 1. The summed E-state index contributed by atoms with van der Waals surface area (Å²) in [4.78, 5) is 10.7. The molecule has 6 heteroatoms. The van der Waals surface area contributed by atoms with Gasteiger partial charge in [-0.25, -0.2) is 4.68 Å². The highest BCUT2D eigenvalue weighted by molar-refractivity contribution is 5.52. The van der Waals surface area contributed by atoms with Crippen LogP contribution in [0.1, 0.15) is 29.7 Å². The van der Waals surface area contributed by atoms with Crippen molar-refractivity contribution in [3.8, 4) is 5.69 Å². The zero-order valence-electron chi connectivity index (χ0n) is 11.3. The number of hydrogen-bond donors (Lipinski definition) is 1. The normalized spacial score (nSPS) is 14.1. The van der Waals surface area contributed by atoms with E-state index in [1.54, 1.807) is 23.7 Å². The number of aromatic nitrogens is 2. The van der Waals surface area contributed by atoms with Gasteiger partial charge in [0.15, 0.2) is 0 Å². The highest BCUT2D eigenvalue weighted by Gasteiger charge is 2.21. The molecule has 2 N–H and O–H groups in total. The van der Waals surface area contributed by atoms with Crippen molar-refractivity contribution in [1.82, 2.24) is 9.78 Å². The van der Waals surface area contributed by atoms with Gasteiger partial charge < -0.3 is 5.73 Å². The maximum absolute atomic E-state index is 11.1. The summed E-state index contributed by atoms with van der Waals surface area (Å²) in [5, 5.41) is 15.4. The lowest BCUT2D eigenvalue weighted by Crippen LogP contribution is -2.08. The van der Waals surface area contributed by atoms with Gasteiger partial charge in [0.2, 0.25) is 0 Å². The van der Waals surface area contributed by atoms with Crippen LogP contribution in [-0.4, -0.2) is 14.7 Å². The summed E-state index contributed by atoms with van der Waals surface area (Å²) in [7, 11) is 0. The number of nitrogen functional groups attached to an aromatic ring is 1. The third-order valence-electron chi connectivity index (χ3n) is 3.85. The van der Waals surface area contributed by atoms with E-state index in [4.69, 9.17) is 5.73 Å². The number of nitrogens with two attached hydrogens (primary N) is 1. The van der Waals surface area contributed by atoms with Gasteiger partial charge in [0.05, 0.1) is 10.6 Å². The minimum absolute atomic E-state index is 0.112. The molecule has 1 aliphatic rings. The molecule has 3 rings (SSSR count). The van der Waals surface area contributed by atoms with E-state index in [1.165, 1.54) is 0 Å². The van der Waals surface area contributed by atoms with Crippen LogP contribution in [0.4, 0.5) is 11.5 Å². The highest BCUT2D eigenvalue weighted by atomic mass is 16.6. The summed E-state index contributed by atoms with van der Waals surface area (Å²) in [5.74, 6) is 0.544. The molecule has 0 amide bonds. The SMILES string of the molecule is Cc1ccc(-n2nc(N)c3c2CCCC3)cc1[N+](=O)[O-]. The molecule has 1 heterocycles. The van der Waals surface area contributed by atoms with E-state index in [9.17, 15) is 10.1 Å². The summed E-state index contributed by atoms with van der Waals surface area (Å²) < 4.78 is 1.76. The number of benzene rings is 1. The molecule has 0 radical (unpaired) electrons. The lowest BCUT2D eigenvalue weighted by atomic mass is 9.97. The highest BCUT2D eigenvalue weighted by Crippen LogP contribution is 2.29. The summed E-state index contributed by atoms with van der Waals surface area (Å²) in [6.07, 6.45) is 4.08. The van der Waals surface area contributed by atoms with Gasteiger partial charge in [-0.2, -0.15) is 5.10 Å². The van der Waals surface area contributed by atoms with E-state index in [0.29, 0.717) is 17.1 Å². The van der Waals surface area contributed by atoms with Crippen molar-refractivity contribution < 1.29 is 4.92 Å². The summed E-state index contributed by atoms with van der Waals surface area (Å²) in [6, 6.07) is 5.17. The van der Waals surface area contributed by atoms with Crippen LogP contribution in [0.3, 0.4) is 0 Å². The van der Waals surface area contributed by atoms with E-state index in [2.05, 4.69) is 5.10 Å². The third kappa shape index (κ3) is 1.93. The van der Waals surface area contributed by atoms with Crippen molar-refractivity contribution in [2.45, 2.75) is 32.6 Å². The van der Waals surface area contributed by atoms with Crippen molar-refractivity contribution in [3.05, 3.63) is 45.1 Å². The first-order chi connectivity index (χ1) is 9.58. The number of nitro groups is 1. The van der Waals surface area contributed by atoms with Crippen molar-refractivity contribution >= 4 is 11.5 Å². The molecular formula is C14H16N4O2. The number of hydrogen-bond acceptors (Lipinski definition) is 4. The Morgan fingerprint density at radius 3 is 2.85 bits per heavy atom. The Morgan fingerprint density at radius 2 is 2.10 bits per heavy atom. The van der Waals surface area contributed by atoms with E-state index < -0.39 is 0 Å². The molecule has 0 bridgehead atoms. The Labute approximate surface area is 116 Å². The molecule has 0 saturated carbocycles. The monoisotopic (exact) mass is 272 g/mol. The number of fused-ring (bicyclic) bond motifs is 1. The minimum Gasteiger partial charge on any atom is -0.382 e. The second-order valence-electron chi connectivity index (χ2n) is 5.16. The van der Waals surface area contributed by atoms with Crippen LogP contribution in [-0.2, 0) is 12.8 Å². The van der Waals surface area contributed by atoms with Crippen LogP contribution in [0.25, 0.3) is 5.69 Å². The third-order valence-corrected chi connectivity index (χ3v) is 3.85. The van der Waals surface area contributed by atoms with Gasteiger partial charge in [0.25, 0.3) is 5.69 Å². The summed E-state index contributed by atoms with van der Waals surface area (Å²) in [5.41, 5.74) is 9.61. The van der Waals surface area contributed by atoms with Crippen LogP contribution >= 0.6 is 0 Å².